The zero-order valence-electron chi connectivity index (χ0n) is 12.2. The van der Waals surface area contributed by atoms with Crippen molar-refractivity contribution in [3.8, 4) is 6.07 Å². The molecule has 0 amide bonds. The highest BCUT2D eigenvalue weighted by Gasteiger charge is 2.25. The first-order valence-corrected chi connectivity index (χ1v) is 6.66. The molecule has 0 spiro atoms. The van der Waals surface area contributed by atoms with Gasteiger partial charge in [0.1, 0.15) is 5.54 Å². The fraction of sp³-hybridized carbons (Fsp3) is 0.467. The van der Waals surface area contributed by atoms with Crippen LogP contribution in [0.5, 0.6) is 0 Å². The van der Waals surface area contributed by atoms with Crippen molar-refractivity contribution >= 4 is 11.7 Å². The third kappa shape index (κ3) is 4.25. The number of carboxylic acids is 1. The van der Waals surface area contributed by atoms with E-state index >= 15 is 0 Å². The van der Waals surface area contributed by atoms with Gasteiger partial charge in [0, 0.05) is 5.69 Å². The zero-order chi connectivity index (χ0) is 15.2. The smallest absolute Gasteiger partial charge is 0.323 e. The van der Waals surface area contributed by atoms with Gasteiger partial charge in [0.15, 0.2) is 0 Å². The number of benzene rings is 1. The van der Waals surface area contributed by atoms with Gasteiger partial charge in [-0.1, -0.05) is 13.3 Å². The zero-order valence-corrected chi connectivity index (χ0v) is 12.2. The summed E-state index contributed by atoms with van der Waals surface area (Å²) in [7, 11) is 0. The van der Waals surface area contributed by atoms with Crippen molar-refractivity contribution < 1.29 is 9.90 Å². The molecule has 20 heavy (non-hydrogen) atoms. The van der Waals surface area contributed by atoms with Gasteiger partial charge in [-0.05, 0) is 44.0 Å². The Labute approximate surface area is 119 Å². The minimum absolute atomic E-state index is 0.344. The van der Waals surface area contributed by atoms with Crippen molar-refractivity contribution in [1.82, 2.24) is 5.32 Å². The Bertz CT molecular complexity index is 518. The van der Waals surface area contributed by atoms with Crippen LogP contribution in [0, 0.1) is 11.3 Å². The fourth-order valence-electron chi connectivity index (χ4n) is 1.73. The van der Waals surface area contributed by atoms with Crippen LogP contribution < -0.4 is 10.6 Å². The minimum Gasteiger partial charge on any atom is -0.480 e. The van der Waals surface area contributed by atoms with Crippen LogP contribution in [0.3, 0.4) is 0 Å². The summed E-state index contributed by atoms with van der Waals surface area (Å²) in [5.41, 5.74) is 1.60. The minimum atomic E-state index is -0.980. The second-order valence-corrected chi connectivity index (χ2v) is 5.19. The van der Waals surface area contributed by atoms with Crippen LogP contribution in [0.15, 0.2) is 18.2 Å². The number of aryl methyl sites for hydroxylation is 1. The Morgan fingerprint density at radius 3 is 2.70 bits per heavy atom. The molecule has 0 aromatic heterocycles. The van der Waals surface area contributed by atoms with E-state index in [4.69, 9.17) is 10.4 Å². The summed E-state index contributed by atoms with van der Waals surface area (Å²) in [6.07, 6.45) is 1.83. The van der Waals surface area contributed by atoms with Crippen molar-refractivity contribution in [2.45, 2.75) is 39.2 Å². The van der Waals surface area contributed by atoms with Crippen LogP contribution in [-0.4, -0.2) is 23.3 Å². The Morgan fingerprint density at radius 2 is 2.15 bits per heavy atom. The molecular formula is C15H21N3O2. The molecule has 0 aliphatic heterocycles. The van der Waals surface area contributed by atoms with Gasteiger partial charge in [-0.15, -0.1) is 0 Å². The van der Waals surface area contributed by atoms with Gasteiger partial charge in [0.25, 0.3) is 0 Å². The molecule has 3 N–H and O–H groups in total. The summed E-state index contributed by atoms with van der Waals surface area (Å²) >= 11 is 0. The monoisotopic (exact) mass is 275 g/mol. The number of aliphatic carboxylic acids is 1. The highest BCUT2D eigenvalue weighted by Crippen LogP contribution is 2.17. The molecule has 0 aliphatic carbocycles. The molecule has 0 aliphatic rings. The maximum absolute atomic E-state index is 11.0. The standard InChI is InChI=1S/C15H21N3O2/c1-4-5-11-8-13(7-6-12(11)9-16)17-10-18-15(2,3)14(19)20/h6-8,17-18H,4-5,10H2,1-3H3,(H,19,20). The Balaban J connectivity index is 2.68. The van der Waals surface area contributed by atoms with Gasteiger partial charge in [-0.3, -0.25) is 10.1 Å². The van der Waals surface area contributed by atoms with Crippen LogP contribution in [0.1, 0.15) is 38.3 Å². The lowest BCUT2D eigenvalue weighted by Crippen LogP contribution is -2.48. The average molecular weight is 275 g/mol. The van der Waals surface area contributed by atoms with E-state index in [0.29, 0.717) is 12.2 Å². The van der Waals surface area contributed by atoms with E-state index in [-0.39, 0.29) is 0 Å². The lowest BCUT2D eigenvalue weighted by atomic mass is 10.0. The largest absolute Gasteiger partial charge is 0.480 e. The second kappa shape index (κ2) is 6.92. The van der Waals surface area contributed by atoms with Crippen LogP contribution >= 0.6 is 0 Å². The normalized spacial score (nSPS) is 10.9. The van der Waals surface area contributed by atoms with Crippen molar-refractivity contribution in [1.29, 1.82) is 5.26 Å². The predicted octanol–water partition coefficient (Wildman–Crippen LogP) is 2.33. The molecule has 1 aromatic carbocycles. The summed E-state index contributed by atoms with van der Waals surface area (Å²) in [5.74, 6) is -0.897. The van der Waals surface area contributed by atoms with E-state index in [1.807, 2.05) is 12.1 Å². The lowest BCUT2D eigenvalue weighted by molar-refractivity contribution is -0.143. The summed E-state index contributed by atoms with van der Waals surface area (Å²) in [6.45, 7) is 5.63. The summed E-state index contributed by atoms with van der Waals surface area (Å²) in [4.78, 5) is 11.0. The second-order valence-electron chi connectivity index (χ2n) is 5.19. The Hall–Kier alpha value is -2.06. The molecule has 1 rings (SSSR count). The molecule has 0 bridgehead atoms. The van der Waals surface area contributed by atoms with Crippen LogP contribution in [0.4, 0.5) is 5.69 Å². The van der Waals surface area contributed by atoms with E-state index in [9.17, 15) is 4.79 Å². The first-order valence-electron chi connectivity index (χ1n) is 6.66. The number of rotatable bonds is 7. The van der Waals surface area contributed by atoms with Crippen LogP contribution in [0.25, 0.3) is 0 Å². The molecule has 0 unspecified atom stereocenters. The van der Waals surface area contributed by atoms with Crippen molar-refractivity contribution in [3.05, 3.63) is 29.3 Å². The first kappa shape index (κ1) is 16.0. The molecule has 0 radical (unpaired) electrons. The molecule has 1 aromatic rings. The average Bonchev–Trinajstić information content (AvgIpc) is 2.39. The predicted molar refractivity (Wildman–Crippen MR) is 78.5 cm³/mol. The maximum atomic E-state index is 11.0. The number of anilines is 1. The quantitative estimate of drug-likeness (QED) is 0.665. The lowest BCUT2D eigenvalue weighted by Gasteiger charge is -2.21. The number of carbonyl (C=O) groups is 1. The molecule has 108 valence electrons. The van der Waals surface area contributed by atoms with E-state index in [1.165, 1.54) is 0 Å². The van der Waals surface area contributed by atoms with Gasteiger partial charge < -0.3 is 10.4 Å². The van der Waals surface area contributed by atoms with E-state index in [0.717, 1.165) is 24.1 Å². The number of hydrogen-bond donors (Lipinski definition) is 3. The fourth-order valence-corrected chi connectivity index (χ4v) is 1.73. The molecule has 0 saturated carbocycles. The number of nitrogens with zero attached hydrogens (tertiary/aromatic N) is 1. The highest BCUT2D eigenvalue weighted by atomic mass is 16.4. The molecule has 0 heterocycles. The van der Waals surface area contributed by atoms with Gasteiger partial charge in [-0.2, -0.15) is 5.26 Å². The number of nitrogens with one attached hydrogen (secondary N) is 2. The van der Waals surface area contributed by atoms with Gasteiger partial charge >= 0.3 is 5.97 Å². The van der Waals surface area contributed by atoms with Crippen molar-refractivity contribution in [2.24, 2.45) is 0 Å². The molecule has 0 atom stereocenters. The number of hydrogen-bond acceptors (Lipinski definition) is 4. The summed E-state index contributed by atoms with van der Waals surface area (Å²) in [5, 5.41) is 24.1. The van der Waals surface area contributed by atoms with Crippen LogP contribution in [-0.2, 0) is 11.2 Å². The van der Waals surface area contributed by atoms with E-state index in [2.05, 4.69) is 23.6 Å². The maximum Gasteiger partial charge on any atom is 0.323 e. The van der Waals surface area contributed by atoms with Gasteiger partial charge in [-0.25, -0.2) is 0 Å². The Kier molecular flexibility index (Phi) is 5.53. The molecule has 0 saturated heterocycles. The molecular weight excluding hydrogens is 254 g/mol. The molecule has 5 heteroatoms. The topological polar surface area (TPSA) is 85.2 Å². The number of nitriles is 1. The summed E-state index contributed by atoms with van der Waals surface area (Å²) in [6, 6.07) is 7.74. The third-order valence-corrected chi connectivity index (χ3v) is 3.10. The Morgan fingerprint density at radius 1 is 1.45 bits per heavy atom. The van der Waals surface area contributed by atoms with Gasteiger partial charge in [0.05, 0.1) is 18.3 Å². The highest BCUT2D eigenvalue weighted by molar-refractivity contribution is 5.77. The van der Waals surface area contributed by atoms with E-state index < -0.39 is 11.5 Å². The van der Waals surface area contributed by atoms with Crippen molar-refractivity contribution in [2.75, 3.05) is 12.0 Å². The van der Waals surface area contributed by atoms with E-state index in [1.54, 1.807) is 19.9 Å². The third-order valence-electron chi connectivity index (χ3n) is 3.10. The molecule has 0 fully saturated rings. The van der Waals surface area contributed by atoms with Crippen LogP contribution in [0.2, 0.25) is 0 Å². The van der Waals surface area contributed by atoms with Crippen molar-refractivity contribution in [3.63, 3.8) is 0 Å². The summed E-state index contributed by atoms with van der Waals surface area (Å²) < 4.78 is 0. The first-order chi connectivity index (χ1) is 9.40. The number of carboxylic acid groups (broad SMARTS) is 1. The van der Waals surface area contributed by atoms with Gasteiger partial charge in [0.2, 0.25) is 0 Å². The SMILES string of the molecule is CCCc1cc(NCNC(C)(C)C(=O)O)ccc1C#N. The molecule has 5 nitrogen and oxygen atoms in total.